The molecule has 19 heavy (non-hydrogen) atoms. The van der Waals surface area contributed by atoms with Gasteiger partial charge < -0.3 is 10.2 Å². The number of rotatable bonds is 2. The fraction of sp³-hybridized carbons (Fsp3) is 0.375. The van der Waals surface area contributed by atoms with E-state index in [-0.39, 0.29) is 0 Å². The average Bonchev–Trinajstić information content (AvgIpc) is 2.27. The number of hydrogen-bond donors (Lipinski definition) is 2. The van der Waals surface area contributed by atoms with E-state index in [1.165, 1.54) is 0 Å². The van der Waals surface area contributed by atoms with Gasteiger partial charge in [0.2, 0.25) is 0 Å². The van der Waals surface area contributed by atoms with E-state index in [0.717, 1.165) is 14.7 Å². The molecule has 2 unspecified atom stereocenters. The van der Waals surface area contributed by atoms with Crippen molar-refractivity contribution in [3.8, 4) is 23.7 Å². The van der Waals surface area contributed by atoms with Crippen molar-refractivity contribution in [3.63, 3.8) is 0 Å². The Morgan fingerprint density at radius 1 is 0.947 bits per heavy atom. The van der Waals surface area contributed by atoms with Crippen LogP contribution in [0.2, 0.25) is 0 Å². The van der Waals surface area contributed by atoms with Crippen LogP contribution in [0, 0.1) is 27.3 Å². The van der Waals surface area contributed by atoms with Crippen LogP contribution >= 0.6 is 22.6 Å². The summed E-state index contributed by atoms with van der Waals surface area (Å²) in [6.07, 6.45) is 0.129. The molecule has 2 atom stereocenters. The van der Waals surface area contributed by atoms with Crippen LogP contribution in [0.25, 0.3) is 0 Å². The molecule has 1 aromatic carbocycles. The molecule has 0 amide bonds. The van der Waals surface area contributed by atoms with Gasteiger partial charge >= 0.3 is 0 Å². The zero-order chi connectivity index (χ0) is 14.3. The van der Waals surface area contributed by atoms with Gasteiger partial charge in [0, 0.05) is 27.5 Å². The van der Waals surface area contributed by atoms with Crippen molar-refractivity contribution >= 4 is 22.6 Å². The molecule has 2 N–H and O–H groups in total. The second-order valence-electron chi connectivity index (χ2n) is 4.44. The Labute approximate surface area is 128 Å². The number of halogens is 1. The first-order chi connectivity index (χ1) is 8.97. The summed E-state index contributed by atoms with van der Waals surface area (Å²) in [6, 6.07) is 5.89. The lowest BCUT2D eigenvalue weighted by Crippen LogP contribution is -1.96. The second kappa shape index (κ2) is 8.22. The number of aliphatic hydroxyl groups excluding tert-OH is 2. The summed E-state index contributed by atoms with van der Waals surface area (Å²) >= 11 is 2.23. The number of aliphatic hydroxyl groups is 2. The lowest BCUT2D eigenvalue weighted by atomic mass is 10.1. The molecule has 0 saturated heterocycles. The third-order valence-corrected chi connectivity index (χ3v) is 2.78. The van der Waals surface area contributed by atoms with Crippen LogP contribution in [0.4, 0.5) is 0 Å². The Morgan fingerprint density at radius 2 is 1.37 bits per heavy atom. The predicted octanol–water partition coefficient (Wildman–Crippen LogP) is 2.54. The van der Waals surface area contributed by atoms with Gasteiger partial charge in [-0.25, -0.2) is 0 Å². The lowest BCUT2D eigenvalue weighted by molar-refractivity contribution is 0.200. The van der Waals surface area contributed by atoms with Gasteiger partial charge in [0.05, 0.1) is 12.2 Å². The quantitative estimate of drug-likeness (QED) is 0.622. The van der Waals surface area contributed by atoms with Crippen molar-refractivity contribution in [3.05, 3.63) is 32.9 Å². The number of hydrogen-bond acceptors (Lipinski definition) is 2. The predicted molar refractivity (Wildman–Crippen MR) is 85.5 cm³/mol. The summed E-state index contributed by atoms with van der Waals surface area (Å²) in [6.45, 7) is 3.44. The van der Waals surface area contributed by atoms with Crippen LogP contribution in [-0.2, 0) is 0 Å². The normalized spacial score (nSPS) is 12.7. The van der Waals surface area contributed by atoms with Crippen molar-refractivity contribution in [1.82, 2.24) is 0 Å². The minimum absolute atomic E-state index is 0.402. The van der Waals surface area contributed by atoms with Gasteiger partial charge in [-0.2, -0.15) is 0 Å². The van der Waals surface area contributed by atoms with Crippen LogP contribution in [0.5, 0.6) is 0 Å². The molecule has 0 aliphatic rings. The van der Waals surface area contributed by atoms with Gasteiger partial charge in [-0.05, 0) is 54.6 Å². The molecular weight excluding hydrogens is 351 g/mol. The Kier molecular flexibility index (Phi) is 6.94. The molecule has 100 valence electrons. The first-order valence-electron chi connectivity index (χ1n) is 6.12. The van der Waals surface area contributed by atoms with E-state index in [9.17, 15) is 0 Å². The summed E-state index contributed by atoms with van der Waals surface area (Å²) in [5.41, 5.74) is 1.79. The summed E-state index contributed by atoms with van der Waals surface area (Å²) in [5, 5.41) is 18.3. The SMILES string of the molecule is CC(O)CC#Cc1cc(I)cc(C#CCC(C)O)c1. The van der Waals surface area contributed by atoms with E-state index >= 15 is 0 Å². The molecular formula is C16H17IO2. The van der Waals surface area contributed by atoms with E-state index in [4.69, 9.17) is 10.2 Å². The largest absolute Gasteiger partial charge is 0.392 e. The molecule has 2 nitrogen and oxygen atoms in total. The summed E-state index contributed by atoms with van der Waals surface area (Å²) in [4.78, 5) is 0. The highest BCUT2D eigenvalue weighted by Crippen LogP contribution is 2.11. The van der Waals surface area contributed by atoms with Gasteiger partial charge in [0.1, 0.15) is 0 Å². The molecule has 0 spiro atoms. The van der Waals surface area contributed by atoms with Gasteiger partial charge in [-0.3, -0.25) is 0 Å². The van der Waals surface area contributed by atoms with E-state index in [1.807, 2.05) is 18.2 Å². The van der Waals surface area contributed by atoms with Crippen LogP contribution < -0.4 is 0 Å². The maximum atomic E-state index is 9.16. The third kappa shape index (κ3) is 7.22. The Balaban J connectivity index is 2.86. The van der Waals surface area contributed by atoms with E-state index in [2.05, 4.69) is 46.3 Å². The van der Waals surface area contributed by atoms with Crippen LogP contribution in [-0.4, -0.2) is 22.4 Å². The average molecular weight is 368 g/mol. The first kappa shape index (κ1) is 16.0. The minimum atomic E-state index is -0.402. The highest BCUT2D eigenvalue weighted by Gasteiger charge is 1.96. The van der Waals surface area contributed by atoms with E-state index < -0.39 is 12.2 Å². The molecule has 1 aromatic rings. The Bertz CT molecular complexity index is 493. The standard InChI is InChI=1S/C16H17IO2/c1-12(18)5-3-7-14-9-15(11-16(17)10-14)8-4-6-13(2)19/h9-13,18-19H,5-6H2,1-2H3. The van der Waals surface area contributed by atoms with Gasteiger partial charge in [-0.1, -0.05) is 23.7 Å². The molecule has 0 bridgehead atoms. The van der Waals surface area contributed by atoms with E-state index in [1.54, 1.807) is 13.8 Å². The molecule has 0 radical (unpaired) electrons. The highest BCUT2D eigenvalue weighted by molar-refractivity contribution is 14.1. The molecule has 0 aliphatic heterocycles. The van der Waals surface area contributed by atoms with Gasteiger partial charge in [-0.15, -0.1) is 0 Å². The van der Waals surface area contributed by atoms with Crippen LogP contribution in [0.1, 0.15) is 37.8 Å². The van der Waals surface area contributed by atoms with Crippen LogP contribution in [0.3, 0.4) is 0 Å². The summed E-state index contributed by atoms with van der Waals surface area (Å²) < 4.78 is 1.07. The smallest absolute Gasteiger partial charge is 0.0621 e. The molecule has 0 saturated carbocycles. The van der Waals surface area contributed by atoms with Crippen molar-refractivity contribution in [1.29, 1.82) is 0 Å². The topological polar surface area (TPSA) is 40.5 Å². The Hall–Kier alpha value is -1.01. The number of benzene rings is 1. The maximum Gasteiger partial charge on any atom is 0.0621 e. The second-order valence-corrected chi connectivity index (χ2v) is 5.68. The molecule has 0 heterocycles. The van der Waals surface area contributed by atoms with Crippen LogP contribution in [0.15, 0.2) is 18.2 Å². The summed E-state index contributed by atoms with van der Waals surface area (Å²) in [7, 11) is 0. The fourth-order valence-corrected chi connectivity index (χ4v) is 2.01. The molecule has 3 heteroatoms. The highest BCUT2D eigenvalue weighted by atomic mass is 127. The molecule has 0 aliphatic carbocycles. The van der Waals surface area contributed by atoms with Gasteiger partial charge in [0.25, 0.3) is 0 Å². The minimum Gasteiger partial charge on any atom is -0.392 e. The molecule has 1 rings (SSSR count). The zero-order valence-corrected chi connectivity index (χ0v) is 13.2. The zero-order valence-electron chi connectivity index (χ0n) is 11.1. The Morgan fingerprint density at radius 3 is 1.74 bits per heavy atom. The monoisotopic (exact) mass is 368 g/mol. The lowest BCUT2D eigenvalue weighted by Gasteiger charge is -1.98. The van der Waals surface area contributed by atoms with Crippen molar-refractivity contribution in [2.75, 3.05) is 0 Å². The van der Waals surface area contributed by atoms with Crippen molar-refractivity contribution in [2.24, 2.45) is 0 Å². The van der Waals surface area contributed by atoms with Crippen molar-refractivity contribution < 1.29 is 10.2 Å². The molecule has 0 aromatic heterocycles. The van der Waals surface area contributed by atoms with Crippen molar-refractivity contribution in [2.45, 2.75) is 38.9 Å². The van der Waals surface area contributed by atoms with E-state index in [0.29, 0.717) is 12.8 Å². The maximum absolute atomic E-state index is 9.16. The molecule has 0 fully saturated rings. The first-order valence-corrected chi connectivity index (χ1v) is 7.19. The summed E-state index contributed by atoms with van der Waals surface area (Å²) in [5.74, 6) is 11.9. The van der Waals surface area contributed by atoms with Gasteiger partial charge in [0.15, 0.2) is 0 Å². The third-order valence-electron chi connectivity index (χ3n) is 2.16. The fourth-order valence-electron chi connectivity index (χ4n) is 1.34.